The van der Waals surface area contributed by atoms with E-state index in [1.54, 1.807) is 66.7 Å². The van der Waals surface area contributed by atoms with E-state index in [0.717, 1.165) is 0 Å². The van der Waals surface area contributed by atoms with E-state index in [2.05, 4.69) is 25.6 Å². The predicted octanol–water partition coefficient (Wildman–Crippen LogP) is 3.87. The molecule has 0 radical (unpaired) electrons. The van der Waals surface area contributed by atoms with E-state index in [9.17, 15) is 9.59 Å². The Balaban J connectivity index is 1.32. The van der Waals surface area contributed by atoms with E-state index in [0.29, 0.717) is 22.2 Å². The highest BCUT2D eigenvalue weighted by atomic mass is 16.4. The normalized spacial score (nSPS) is 10.9. The summed E-state index contributed by atoms with van der Waals surface area (Å²) in [5, 5.41) is 5.19. The molecule has 0 saturated heterocycles. The molecule has 3 heterocycles. The lowest BCUT2D eigenvalue weighted by molar-refractivity contribution is 0.0986. The minimum atomic E-state index is -0.555. The molecule has 2 N–H and O–H groups in total. The van der Waals surface area contributed by atoms with Gasteiger partial charge in [0.1, 0.15) is 22.7 Å². The largest absolute Gasteiger partial charge is 0.432 e. The zero-order valence-corrected chi connectivity index (χ0v) is 15.3. The Hall–Kier alpha value is -4.53. The number of pyridine rings is 1. The Kier molecular flexibility index (Phi) is 4.18. The number of hydrogen-bond acceptors (Lipinski definition) is 7. The fourth-order valence-corrected chi connectivity index (χ4v) is 2.85. The van der Waals surface area contributed by atoms with Crippen LogP contribution in [-0.2, 0) is 0 Å². The fraction of sp³-hybridized carbons (Fsp3) is 0. The second kappa shape index (κ2) is 7.13. The lowest BCUT2D eigenvalue weighted by Gasteiger charge is -2.05. The highest BCUT2D eigenvalue weighted by Crippen LogP contribution is 2.18. The van der Waals surface area contributed by atoms with Crippen LogP contribution >= 0.6 is 0 Å². The number of nitrogens with zero attached hydrogens (tertiary/aromatic N) is 3. The van der Waals surface area contributed by atoms with Gasteiger partial charge in [-0.3, -0.25) is 9.59 Å². The van der Waals surface area contributed by atoms with E-state index >= 15 is 0 Å². The van der Waals surface area contributed by atoms with Crippen molar-refractivity contribution in [1.82, 2.24) is 15.0 Å². The maximum atomic E-state index is 12.4. The molecule has 0 atom stereocenters. The van der Waals surface area contributed by atoms with Crippen molar-refractivity contribution in [1.29, 1.82) is 0 Å². The number of amides is 2. The van der Waals surface area contributed by atoms with Gasteiger partial charge in [0.15, 0.2) is 11.2 Å². The van der Waals surface area contributed by atoms with Crippen LogP contribution in [0.5, 0.6) is 0 Å². The van der Waals surface area contributed by atoms with Gasteiger partial charge in [0.25, 0.3) is 11.8 Å². The van der Waals surface area contributed by atoms with Crippen molar-refractivity contribution >= 4 is 45.6 Å². The standard InChI is InChI=1S/C21H13N5O4/c27-18(20-22-12-6-1-3-8-14(12)29-20)25-16-10-5-11-17(24-16)26-19(28)21-23-13-7-2-4-9-15(13)30-21/h1-11H,(H2,24,25,26,27,28). The van der Waals surface area contributed by atoms with Crippen LogP contribution in [0.3, 0.4) is 0 Å². The first-order valence-electron chi connectivity index (χ1n) is 8.97. The van der Waals surface area contributed by atoms with Crippen molar-refractivity contribution in [2.75, 3.05) is 10.6 Å². The number of nitrogens with one attached hydrogen (secondary N) is 2. The summed E-state index contributed by atoms with van der Waals surface area (Å²) in [6, 6.07) is 18.9. The van der Waals surface area contributed by atoms with E-state index in [1.165, 1.54) is 0 Å². The first kappa shape index (κ1) is 17.6. The molecule has 0 saturated carbocycles. The SMILES string of the molecule is O=C(Nc1cccc(NC(=O)c2nc3ccccc3o2)n1)c1nc2ccccc2o1. The van der Waals surface area contributed by atoms with E-state index in [4.69, 9.17) is 8.83 Å². The number of carbonyl (C=O) groups excluding carboxylic acids is 2. The molecule has 0 spiro atoms. The summed E-state index contributed by atoms with van der Waals surface area (Å²) in [6.07, 6.45) is 0. The molecular formula is C21H13N5O4. The Morgan fingerprint density at radius 2 is 1.07 bits per heavy atom. The molecule has 0 fully saturated rings. The van der Waals surface area contributed by atoms with E-state index in [1.807, 2.05) is 0 Å². The van der Waals surface area contributed by atoms with Crippen molar-refractivity contribution < 1.29 is 18.4 Å². The first-order chi connectivity index (χ1) is 14.7. The molecule has 0 aliphatic rings. The van der Waals surface area contributed by atoms with Crippen molar-refractivity contribution in [3.8, 4) is 0 Å². The quantitative estimate of drug-likeness (QED) is 0.470. The van der Waals surface area contributed by atoms with Crippen LogP contribution in [0.1, 0.15) is 21.4 Å². The second-order valence-corrected chi connectivity index (χ2v) is 6.29. The van der Waals surface area contributed by atoms with Gasteiger partial charge in [0.05, 0.1) is 0 Å². The molecular weight excluding hydrogens is 386 g/mol. The summed E-state index contributed by atoms with van der Waals surface area (Å²) in [6.45, 7) is 0. The minimum absolute atomic E-state index is 0.0843. The fourth-order valence-electron chi connectivity index (χ4n) is 2.85. The molecule has 0 aliphatic carbocycles. The highest BCUT2D eigenvalue weighted by Gasteiger charge is 2.17. The average molecular weight is 399 g/mol. The summed E-state index contributed by atoms with van der Waals surface area (Å²) in [5.74, 6) is -0.838. The van der Waals surface area contributed by atoms with Crippen LogP contribution < -0.4 is 10.6 Å². The third kappa shape index (κ3) is 3.35. The number of anilines is 2. The van der Waals surface area contributed by atoms with E-state index < -0.39 is 11.8 Å². The number of carbonyl (C=O) groups is 2. The van der Waals surface area contributed by atoms with Gasteiger partial charge < -0.3 is 19.5 Å². The summed E-state index contributed by atoms with van der Waals surface area (Å²) >= 11 is 0. The number of rotatable bonds is 4. The number of para-hydroxylation sites is 4. The van der Waals surface area contributed by atoms with Gasteiger partial charge in [-0.25, -0.2) is 15.0 Å². The number of hydrogen-bond donors (Lipinski definition) is 2. The van der Waals surface area contributed by atoms with Crippen LogP contribution in [0, 0.1) is 0 Å². The van der Waals surface area contributed by atoms with Gasteiger partial charge in [0, 0.05) is 0 Å². The molecule has 9 heteroatoms. The van der Waals surface area contributed by atoms with Gasteiger partial charge in [0.2, 0.25) is 0 Å². The molecule has 146 valence electrons. The van der Waals surface area contributed by atoms with Gasteiger partial charge in [-0.1, -0.05) is 30.3 Å². The first-order valence-corrected chi connectivity index (χ1v) is 8.97. The molecule has 2 amide bonds. The summed E-state index contributed by atoms with van der Waals surface area (Å²) in [4.78, 5) is 37.3. The number of aromatic nitrogens is 3. The molecule has 5 rings (SSSR count). The van der Waals surface area contributed by atoms with Gasteiger partial charge in [-0.05, 0) is 36.4 Å². The van der Waals surface area contributed by atoms with Crippen LogP contribution in [0.15, 0.2) is 75.6 Å². The molecule has 0 unspecified atom stereocenters. The molecule has 30 heavy (non-hydrogen) atoms. The Labute approximate surface area is 168 Å². The molecule has 9 nitrogen and oxygen atoms in total. The predicted molar refractivity (Wildman–Crippen MR) is 108 cm³/mol. The zero-order valence-electron chi connectivity index (χ0n) is 15.3. The lowest BCUT2D eigenvalue weighted by atomic mass is 10.3. The Bertz CT molecular complexity index is 1240. The van der Waals surface area contributed by atoms with Gasteiger partial charge in [-0.2, -0.15) is 0 Å². The van der Waals surface area contributed by atoms with E-state index in [-0.39, 0.29) is 23.4 Å². The maximum Gasteiger partial charge on any atom is 0.312 e. The number of fused-ring (bicyclic) bond motifs is 2. The Morgan fingerprint density at radius 1 is 0.600 bits per heavy atom. The third-order valence-electron chi connectivity index (χ3n) is 4.21. The molecule has 0 bridgehead atoms. The lowest BCUT2D eigenvalue weighted by Crippen LogP contribution is -2.16. The summed E-state index contributed by atoms with van der Waals surface area (Å²) in [5.41, 5.74) is 2.18. The second-order valence-electron chi connectivity index (χ2n) is 6.29. The third-order valence-corrected chi connectivity index (χ3v) is 4.21. The van der Waals surface area contributed by atoms with Crippen LogP contribution in [-0.4, -0.2) is 26.8 Å². The van der Waals surface area contributed by atoms with Gasteiger partial charge in [-0.15, -0.1) is 0 Å². The van der Waals surface area contributed by atoms with Crippen LogP contribution in [0.25, 0.3) is 22.2 Å². The van der Waals surface area contributed by atoms with Crippen LogP contribution in [0.4, 0.5) is 11.6 Å². The van der Waals surface area contributed by atoms with Crippen molar-refractivity contribution in [2.45, 2.75) is 0 Å². The molecule has 2 aromatic carbocycles. The number of oxazole rings is 2. The van der Waals surface area contributed by atoms with Gasteiger partial charge >= 0.3 is 11.8 Å². The smallest absolute Gasteiger partial charge is 0.312 e. The highest BCUT2D eigenvalue weighted by molar-refractivity contribution is 6.03. The summed E-state index contributed by atoms with van der Waals surface area (Å²) < 4.78 is 10.9. The molecule has 0 aliphatic heterocycles. The van der Waals surface area contributed by atoms with Crippen molar-refractivity contribution in [3.05, 3.63) is 78.5 Å². The topological polar surface area (TPSA) is 123 Å². The minimum Gasteiger partial charge on any atom is -0.432 e. The van der Waals surface area contributed by atoms with Crippen molar-refractivity contribution in [2.24, 2.45) is 0 Å². The molecule has 5 aromatic rings. The average Bonchev–Trinajstić information content (AvgIpc) is 3.38. The van der Waals surface area contributed by atoms with Crippen molar-refractivity contribution in [3.63, 3.8) is 0 Å². The van der Waals surface area contributed by atoms with Crippen LogP contribution in [0.2, 0.25) is 0 Å². The Morgan fingerprint density at radius 3 is 1.53 bits per heavy atom. The zero-order chi connectivity index (χ0) is 20.5. The summed E-state index contributed by atoms with van der Waals surface area (Å²) in [7, 11) is 0. The molecule has 3 aromatic heterocycles. The number of benzene rings is 2. The monoisotopic (exact) mass is 399 g/mol. The maximum absolute atomic E-state index is 12.4.